The number of alkyl halides is 3. The molecule has 0 amide bonds. The first kappa shape index (κ1) is 13.4. The maximum absolute atomic E-state index is 12.2. The zero-order valence-corrected chi connectivity index (χ0v) is 10.0. The maximum Gasteiger partial charge on any atom is 0.401 e. The fraction of sp³-hybridized carbons (Fsp3) is 0.727. The predicted molar refractivity (Wildman–Crippen MR) is 60.9 cm³/mol. The summed E-state index contributed by atoms with van der Waals surface area (Å²) in [7, 11) is 0. The van der Waals surface area contributed by atoms with Crippen LogP contribution < -0.4 is 5.32 Å². The second-order valence-electron chi connectivity index (χ2n) is 4.65. The number of piperidine rings is 1. The number of rotatable bonds is 4. The van der Waals surface area contributed by atoms with Crippen LogP contribution in [0.4, 0.5) is 13.2 Å². The first-order chi connectivity index (χ1) is 8.53. The molecule has 0 spiro atoms. The fourth-order valence-electron chi connectivity index (χ4n) is 2.19. The Bertz CT molecular complexity index is 342. The van der Waals surface area contributed by atoms with Crippen molar-refractivity contribution < 1.29 is 13.2 Å². The van der Waals surface area contributed by atoms with Crippen LogP contribution in [0, 0.1) is 0 Å². The quantitative estimate of drug-likeness (QED) is 0.864. The number of nitrogens with one attached hydrogen (secondary N) is 2. The van der Waals surface area contributed by atoms with Gasteiger partial charge in [0, 0.05) is 24.3 Å². The van der Waals surface area contributed by atoms with Crippen molar-refractivity contribution in [3.8, 4) is 0 Å². The lowest BCUT2D eigenvalue weighted by Crippen LogP contribution is -2.45. The number of hydrogen-bond acceptors (Lipinski definition) is 3. The molecule has 0 saturated carbocycles. The van der Waals surface area contributed by atoms with Crippen molar-refractivity contribution in [3.63, 3.8) is 0 Å². The van der Waals surface area contributed by atoms with E-state index < -0.39 is 12.7 Å². The van der Waals surface area contributed by atoms with Crippen LogP contribution in [0.3, 0.4) is 0 Å². The second-order valence-corrected chi connectivity index (χ2v) is 4.65. The van der Waals surface area contributed by atoms with Gasteiger partial charge in [-0.05, 0) is 25.9 Å². The van der Waals surface area contributed by atoms with E-state index >= 15 is 0 Å². The Hall–Kier alpha value is -1.08. The molecule has 1 aromatic rings. The Balaban J connectivity index is 1.67. The van der Waals surface area contributed by atoms with Crippen molar-refractivity contribution in [2.75, 3.05) is 19.6 Å². The summed E-state index contributed by atoms with van der Waals surface area (Å²) in [5, 5.41) is 9.91. The van der Waals surface area contributed by atoms with E-state index in [0.717, 1.165) is 18.4 Å². The largest absolute Gasteiger partial charge is 0.401 e. The molecule has 4 nitrogen and oxygen atoms in total. The molecule has 0 aliphatic carbocycles. The predicted octanol–water partition coefficient (Wildman–Crippen LogP) is 1.53. The number of aromatic amines is 1. The number of H-pyrrole nitrogens is 1. The Morgan fingerprint density at radius 2 is 2.11 bits per heavy atom. The molecule has 0 radical (unpaired) electrons. The van der Waals surface area contributed by atoms with E-state index in [4.69, 9.17) is 0 Å². The lowest BCUT2D eigenvalue weighted by atomic mass is 10.0. The summed E-state index contributed by atoms with van der Waals surface area (Å²) in [6.07, 6.45) is 0.983. The van der Waals surface area contributed by atoms with Gasteiger partial charge in [0.25, 0.3) is 0 Å². The van der Waals surface area contributed by atoms with Crippen LogP contribution >= 0.6 is 0 Å². The van der Waals surface area contributed by atoms with Crippen LogP contribution in [0.1, 0.15) is 18.4 Å². The molecule has 0 bridgehead atoms. The van der Waals surface area contributed by atoms with E-state index in [-0.39, 0.29) is 0 Å². The van der Waals surface area contributed by atoms with Crippen molar-refractivity contribution in [1.82, 2.24) is 20.4 Å². The van der Waals surface area contributed by atoms with Crippen LogP contribution in [0.25, 0.3) is 0 Å². The van der Waals surface area contributed by atoms with Crippen molar-refractivity contribution in [1.29, 1.82) is 0 Å². The third-order valence-corrected chi connectivity index (χ3v) is 3.14. The van der Waals surface area contributed by atoms with Gasteiger partial charge in [-0.2, -0.15) is 18.3 Å². The zero-order chi connectivity index (χ0) is 13.0. The number of aromatic nitrogens is 2. The number of nitrogens with zero attached hydrogens (tertiary/aromatic N) is 2. The Morgan fingerprint density at radius 3 is 2.67 bits per heavy atom. The van der Waals surface area contributed by atoms with Gasteiger partial charge in [0.15, 0.2) is 0 Å². The summed E-state index contributed by atoms with van der Waals surface area (Å²) in [4.78, 5) is 1.47. The lowest BCUT2D eigenvalue weighted by molar-refractivity contribution is -0.148. The van der Waals surface area contributed by atoms with Crippen molar-refractivity contribution in [3.05, 3.63) is 18.0 Å². The van der Waals surface area contributed by atoms with Crippen LogP contribution in [0.15, 0.2) is 12.4 Å². The summed E-state index contributed by atoms with van der Waals surface area (Å²) in [5.41, 5.74) is 1.06. The topological polar surface area (TPSA) is 44.0 Å². The fourth-order valence-corrected chi connectivity index (χ4v) is 2.19. The minimum atomic E-state index is -4.09. The van der Waals surface area contributed by atoms with Crippen LogP contribution in [0.5, 0.6) is 0 Å². The lowest BCUT2D eigenvalue weighted by Gasteiger charge is -2.32. The molecule has 18 heavy (non-hydrogen) atoms. The van der Waals surface area contributed by atoms with E-state index in [9.17, 15) is 13.2 Å². The average molecular weight is 262 g/mol. The smallest absolute Gasteiger partial charge is 0.310 e. The summed E-state index contributed by atoms with van der Waals surface area (Å²) < 4.78 is 36.6. The molecule has 2 heterocycles. The molecule has 0 unspecified atom stereocenters. The first-order valence-electron chi connectivity index (χ1n) is 6.03. The Morgan fingerprint density at radius 1 is 1.39 bits per heavy atom. The zero-order valence-electron chi connectivity index (χ0n) is 10.0. The van der Waals surface area contributed by atoms with Crippen LogP contribution in [-0.4, -0.2) is 46.9 Å². The molecule has 1 saturated heterocycles. The van der Waals surface area contributed by atoms with Gasteiger partial charge in [-0.15, -0.1) is 0 Å². The van der Waals surface area contributed by atoms with Gasteiger partial charge < -0.3 is 5.32 Å². The monoisotopic (exact) mass is 262 g/mol. The van der Waals surface area contributed by atoms with E-state index in [1.807, 2.05) is 6.20 Å². The highest BCUT2D eigenvalue weighted by Gasteiger charge is 2.32. The van der Waals surface area contributed by atoms with Gasteiger partial charge >= 0.3 is 6.18 Å². The van der Waals surface area contributed by atoms with E-state index in [1.165, 1.54) is 4.90 Å². The average Bonchev–Trinajstić information content (AvgIpc) is 2.79. The van der Waals surface area contributed by atoms with Crippen LogP contribution in [-0.2, 0) is 6.54 Å². The highest BCUT2D eigenvalue weighted by Crippen LogP contribution is 2.19. The standard InChI is InChI=1S/C11H17F3N4/c12-11(13,14)8-18-3-1-10(2-4-18)15-5-9-6-16-17-7-9/h6-7,10,15H,1-5,8H2,(H,16,17). The molecule has 1 fully saturated rings. The van der Waals surface area contributed by atoms with Gasteiger partial charge in [-0.3, -0.25) is 10.00 Å². The SMILES string of the molecule is FC(F)(F)CN1CCC(NCc2cn[nH]c2)CC1. The molecule has 102 valence electrons. The number of likely N-dealkylation sites (tertiary alicyclic amines) is 1. The number of hydrogen-bond donors (Lipinski definition) is 2. The summed E-state index contributed by atoms with van der Waals surface area (Å²) >= 11 is 0. The number of halogens is 3. The normalized spacial score (nSPS) is 19.3. The highest BCUT2D eigenvalue weighted by atomic mass is 19.4. The molecule has 1 aliphatic rings. The van der Waals surface area contributed by atoms with E-state index in [2.05, 4.69) is 15.5 Å². The molecule has 0 aromatic carbocycles. The molecule has 2 N–H and O–H groups in total. The molecular weight excluding hydrogens is 245 g/mol. The van der Waals surface area contributed by atoms with Gasteiger partial charge in [-0.25, -0.2) is 0 Å². The van der Waals surface area contributed by atoms with Gasteiger partial charge in [-0.1, -0.05) is 0 Å². The summed E-state index contributed by atoms with van der Waals surface area (Å²) in [5.74, 6) is 0. The van der Waals surface area contributed by atoms with Gasteiger partial charge in [0.05, 0.1) is 12.7 Å². The first-order valence-corrected chi connectivity index (χ1v) is 6.03. The molecular formula is C11H17F3N4. The van der Waals surface area contributed by atoms with Gasteiger partial charge in [0.2, 0.25) is 0 Å². The van der Waals surface area contributed by atoms with E-state index in [0.29, 0.717) is 25.7 Å². The minimum Gasteiger partial charge on any atom is -0.310 e. The Kier molecular flexibility index (Phi) is 4.23. The van der Waals surface area contributed by atoms with E-state index in [1.54, 1.807) is 6.20 Å². The minimum absolute atomic E-state index is 0.296. The van der Waals surface area contributed by atoms with Crippen molar-refractivity contribution >= 4 is 0 Å². The van der Waals surface area contributed by atoms with Crippen molar-refractivity contribution in [2.45, 2.75) is 31.6 Å². The molecule has 1 aromatic heterocycles. The molecule has 7 heteroatoms. The maximum atomic E-state index is 12.2. The van der Waals surface area contributed by atoms with Crippen LogP contribution in [0.2, 0.25) is 0 Å². The summed E-state index contributed by atoms with van der Waals surface area (Å²) in [6, 6.07) is 0.296. The molecule has 1 aliphatic heterocycles. The highest BCUT2D eigenvalue weighted by molar-refractivity contribution is 5.01. The van der Waals surface area contributed by atoms with Gasteiger partial charge in [0.1, 0.15) is 0 Å². The third-order valence-electron chi connectivity index (χ3n) is 3.14. The molecule has 0 atom stereocenters. The molecule has 2 rings (SSSR count). The second kappa shape index (κ2) is 5.71. The Labute approximate surface area is 104 Å². The van der Waals surface area contributed by atoms with Crippen molar-refractivity contribution in [2.24, 2.45) is 0 Å². The third kappa shape index (κ3) is 4.30. The summed E-state index contributed by atoms with van der Waals surface area (Å²) in [6.45, 7) is 0.924.